The second-order valence-corrected chi connectivity index (χ2v) is 5.28. The summed E-state index contributed by atoms with van der Waals surface area (Å²) in [5.41, 5.74) is 0.623. The molecule has 1 atom stereocenters. The van der Waals surface area contributed by atoms with Gasteiger partial charge in [-0.15, -0.1) is 0 Å². The molecule has 2 heterocycles. The largest absolute Gasteiger partial charge is 0.486 e. The van der Waals surface area contributed by atoms with Crippen LogP contribution in [-0.4, -0.2) is 38.8 Å². The first-order valence-corrected chi connectivity index (χ1v) is 7.21. The molecular formula is C15H20N2O3. The lowest BCUT2D eigenvalue weighted by Crippen LogP contribution is -2.38. The van der Waals surface area contributed by atoms with Crippen molar-refractivity contribution in [1.29, 1.82) is 0 Å². The summed E-state index contributed by atoms with van der Waals surface area (Å²) in [5.74, 6) is 1.85. The van der Waals surface area contributed by atoms with Crippen molar-refractivity contribution in [1.82, 2.24) is 10.6 Å². The van der Waals surface area contributed by atoms with Crippen LogP contribution in [0, 0.1) is 5.92 Å². The van der Waals surface area contributed by atoms with Gasteiger partial charge in [0, 0.05) is 12.1 Å². The molecule has 20 heavy (non-hydrogen) atoms. The summed E-state index contributed by atoms with van der Waals surface area (Å²) in [6.07, 6.45) is 2.36. The number of carbonyl (C=O) groups excluding carboxylic acids is 1. The Bertz CT molecular complexity index is 484. The Morgan fingerprint density at radius 3 is 2.95 bits per heavy atom. The van der Waals surface area contributed by atoms with E-state index in [-0.39, 0.29) is 5.91 Å². The molecule has 1 aromatic carbocycles. The highest BCUT2D eigenvalue weighted by Gasteiger charge is 2.17. The van der Waals surface area contributed by atoms with Crippen LogP contribution in [0.5, 0.6) is 11.5 Å². The molecule has 0 radical (unpaired) electrons. The summed E-state index contributed by atoms with van der Waals surface area (Å²) in [6, 6.07) is 5.33. The minimum Gasteiger partial charge on any atom is -0.486 e. The first-order valence-electron chi connectivity index (χ1n) is 7.21. The SMILES string of the molecule is O=C(NCC1CCCNC1)c1ccc2c(c1)OCCO2. The monoisotopic (exact) mass is 276 g/mol. The summed E-state index contributed by atoms with van der Waals surface area (Å²) >= 11 is 0. The minimum atomic E-state index is -0.0486. The molecule has 0 spiro atoms. The van der Waals surface area contributed by atoms with E-state index in [1.807, 2.05) is 0 Å². The highest BCUT2D eigenvalue weighted by Crippen LogP contribution is 2.30. The molecule has 1 amide bonds. The smallest absolute Gasteiger partial charge is 0.251 e. The number of piperidine rings is 1. The van der Waals surface area contributed by atoms with Crippen molar-refractivity contribution in [2.45, 2.75) is 12.8 Å². The molecule has 108 valence electrons. The number of amides is 1. The molecule has 1 unspecified atom stereocenters. The Labute approximate surface area is 118 Å². The second kappa shape index (κ2) is 6.13. The Hall–Kier alpha value is -1.75. The van der Waals surface area contributed by atoms with Gasteiger partial charge in [-0.1, -0.05) is 0 Å². The molecule has 1 aromatic rings. The molecule has 0 bridgehead atoms. The molecule has 0 aliphatic carbocycles. The Kier molecular flexibility index (Phi) is 4.06. The average molecular weight is 276 g/mol. The number of benzene rings is 1. The number of hydrogen-bond donors (Lipinski definition) is 2. The van der Waals surface area contributed by atoms with Crippen molar-refractivity contribution in [2.75, 3.05) is 32.8 Å². The summed E-state index contributed by atoms with van der Waals surface area (Å²) in [4.78, 5) is 12.1. The van der Waals surface area contributed by atoms with Crippen LogP contribution in [0.2, 0.25) is 0 Å². The number of nitrogens with one attached hydrogen (secondary N) is 2. The van der Waals surface area contributed by atoms with E-state index in [9.17, 15) is 4.79 Å². The maximum atomic E-state index is 12.1. The number of carbonyl (C=O) groups is 1. The van der Waals surface area contributed by atoms with Crippen molar-refractivity contribution in [3.63, 3.8) is 0 Å². The van der Waals surface area contributed by atoms with Crippen molar-refractivity contribution in [3.8, 4) is 11.5 Å². The van der Waals surface area contributed by atoms with Crippen LogP contribution in [0.25, 0.3) is 0 Å². The van der Waals surface area contributed by atoms with Gasteiger partial charge in [0.25, 0.3) is 5.91 Å². The van der Waals surface area contributed by atoms with Gasteiger partial charge in [0.05, 0.1) is 0 Å². The third kappa shape index (κ3) is 3.04. The fourth-order valence-electron chi connectivity index (χ4n) is 2.62. The van der Waals surface area contributed by atoms with Gasteiger partial charge < -0.3 is 20.1 Å². The normalized spacial score (nSPS) is 21.3. The van der Waals surface area contributed by atoms with Gasteiger partial charge >= 0.3 is 0 Å². The van der Waals surface area contributed by atoms with Gasteiger partial charge in [-0.2, -0.15) is 0 Å². The average Bonchev–Trinajstić information content (AvgIpc) is 2.53. The maximum absolute atomic E-state index is 12.1. The Morgan fingerprint density at radius 1 is 1.30 bits per heavy atom. The third-order valence-electron chi connectivity index (χ3n) is 3.75. The van der Waals surface area contributed by atoms with Gasteiger partial charge in [0.1, 0.15) is 13.2 Å². The summed E-state index contributed by atoms with van der Waals surface area (Å²) in [7, 11) is 0. The Balaban J connectivity index is 1.59. The molecule has 1 saturated heterocycles. The lowest BCUT2D eigenvalue weighted by molar-refractivity contribution is 0.0943. The van der Waals surface area contributed by atoms with Crippen LogP contribution in [0.4, 0.5) is 0 Å². The van der Waals surface area contributed by atoms with Crippen molar-refractivity contribution in [3.05, 3.63) is 23.8 Å². The van der Waals surface area contributed by atoms with Crippen LogP contribution >= 0.6 is 0 Å². The topological polar surface area (TPSA) is 59.6 Å². The minimum absolute atomic E-state index is 0.0486. The number of fused-ring (bicyclic) bond motifs is 1. The van der Waals surface area contributed by atoms with Crippen molar-refractivity contribution < 1.29 is 14.3 Å². The molecule has 5 heteroatoms. The van der Waals surface area contributed by atoms with E-state index in [4.69, 9.17) is 9.47 Å². The molecule has 3 rings (SSSR count). The van der Waals surface area contributed by atoms with Crippen LogP contribution in [0.3, 0.4) is 0 Å². The van der Waals surface area contributed by atoms with Gasteiger partial charge in [-0.05, 0) is 50.0 Å². The van der Waals surface area contributed by atoms with Crippen LogP contribution < -0.4 is 20.1 Å². The van der Waals surface area contributed by atoms with E-state index in [1.54, 1.807) is 18.2 Å². The zero-order chi connectivity index (χ0) is 13.8. The predicted octanol–water partition coefficient (Wildman–Crippen LogP) is 1.19. The molecular weight excluding hydrogens is 256 g/mol. The third-order valence-corrected chi connectivity index (χ3v) is 3.75. The van der Waals surface area contributed by atoms with Gasteiger partial charge in [0.15, 0.2) is 11.5 Å². The maximum Gasteiger partial charge on any atom is 0.251 e. The molecule has 1 fully saturated rings. The zero-order valence-electron chi connectivity index (χ0n) is 11.5. The molecule has 5 nitrogen and oxygen atoms in total. The van der Waals surface area contributed by atoms with E-state index in [1.165, 1.54) is 12.8 Å². The van der Waals surface area contributed by atoms with Gasteiger partial charge in [-0.25, -0.2) is 0 Å². The molecule has 2 aliphatic heterocycles. The van der Waals surface area contributed by atoms with E-state index in [0.29, 0.717) is 36.2 Å². The highest BCUT2D eigenvalue weighted by atomic mass is 16.6. The zero-order valence-corrected chi connectivity index (χ0v) is 11.5. The fraction of sp³-hybridized carbons (Fsp3) is 0.533. The lowest BCUT2D eigenvalue weighted by atomic mass is 9.99. The Morgan fingerprint density at radius 2 is 2.15 bits per heavy atom. The fourth-order valence-corrected chi connectivity index (χ4v) is 2.62. The van der Waals surface area contributed by atoms with Gasteiger partial charge in [-0.3, -0.25) is 4.79 Å². The number of rotatable bonds is 3. The van der Waals surface area contributed by atoms with Crippen molar-refractivity contribution in [2.24, 2.45) is 5.92 Å². The van der Waals surface area contributed by atoms with Crippen molar-refractivity contribution >= 4 is 5.91 Å². The predicted molar refractivity (Wildman–Crippen MR) is 75.4 cm³/mol. The summed E-state index contributed by atoms with van der Waals surface area (Å²) in [6.45, 7) is 3.90. The lowest BCUT2D eigenvalue weighted by Gasteiger charge is -2.23. The second-order valence-electron chi connectivity index (χ2n) is 5.28. The number of ether oxygens (including phenoxy) is 2. The summed E-state index contributed by atoms with van der Waals surface area (Å²) < 4.78 is 10.9. The highest BCUT2D eigenvalue weighted by molar-refractivity contribution is 5.94. The van der Waals surface area contributed by atoms with E-state index in [2.05, 4.69) is 10.6 Å². The van der Waals surface area contributed by atoms with E-state index >= 15 is 0 Å². The van der Waals surface area contributed by atoms with Crippen LogP contribution in [0.15, 0.2) is 18.2 Å². The van der Waals surface area contributed by atoms with Gasteiger partial charge in [0.2, 0.25) is 0 Å². The van der Waals surface area contributed by atoms with Crippen LogP contribution in [0.1, 0.15) is 23.2 Å². The summed E-state index contributed by atoms with van der Waals surface area (Å²) in [5, 5.41) is 6.35. The van der Waals surface area contributed by atoms with E-state index < -0.39 is 0 Å². The van der Waals surface area contributed by atoms with Crippen LogP contribution in [-0.2, 0) is 0 Å². The first kappa shape index (κ1) is 13.2. The molecule has 0 saturated carbocycles. The van der Waals surface area contributed by atoms with E-state index in [0.717, 1.165) is 19.6 Å². The molecule has 2 aliphatic rings. The number of hydrogen-bond acceptors (Lipinski definition) is 4. The molecule has 2 N–H and O–H groups in total. The standard InChI is InChI=1S/C15H20N2O3/c18-15(17-10-11-2-1-5-16-9-11)12-3-4-13-14(8-12)20-7-6-19-13/h3-4,8,11,16H,1-2,5-7,9-10H2,(H,17,18). The quantitative estimate of drug-likeness (QED) is 0.870. The molecule has 0 aromatic heterocycles. The first-order chi connectivity index (χ1) is 9.83.